The van der Waals surface area contributed by atoms with Crippen LogP contribution in [-0.2, 0) is 0 Å². The van der Waals surface area contributed by atoms with Crippen molar-refractivity contribution < 1.29 is 8.87 Å². The van der Waals surface area contributed by atoms with E-state index in [1.54, 1.807) is 0 Å². The fourth-order valence-electron chi connectivity index (χ4n) is 0.741. The van der Waals surface area contributed by atoms with E-state index in [2.05, 4.69) is 0 Å². The first-order chi connectivity index (χ1) is 3.72. The molecule has 0 bridgehead atoms. The van der Waals surface area contributed by atoms with Gasteiger partial charge in [0.2, 0.25) is 0 Å². The van der Waals surface area contributed by atoms with Crippen LogP contribution in [0.2, 0.25) is 0 Å². The van der Waals surface area contributed by atoms with Gasteiger partial charge in [0.1, 0.15) is 0 Å². The van der Waals surface area contributed by atoms with Gasteiger partial charge in [-0.1, -0.05) is 0 Å². The number of nitrogens with two attached hydrogens (primary N) is 1. The molecule has 0 spiro atoms. The summed E-state index contributed by atoms with van der Waals surface area (Å²) >= 11 is 0. The summed E-state index contributed by atoms with van der Waals surface area (Å²) in [5.74, 6) is 0. The summed E-state index contributed by atoms with van der Waals surface area (Å²) in [5.41, 5.74) is 5.11. The van der Waals surface area contributed by atoms with Crippen LogP contribution in [-0.4, -0.2) is 24.0 Å². The van der Waals surface area contributed by atoms with E-state index in [-0.39, 0.29) is 11.7 Å². The molecule has 0 aromatic rings. The molecule has 8 heavy (non-hydrogen) atoms. The van der Waals surface area contributed by atoms with Gasteiger partial charge in [-0.15, -0.1) is 9.60 Å². The van der Waals surface area contributed by atoms with Crippen molar-refractivity contribution in [3.63, 3.8) is 0 Å². The van der Waals surface area contributed by atoms with Crippen molar-refractivity contribution in [2.45, 2.75) is 18.8 Å². The molecule has 2 nitrogen and oxygen atoms in total. The molecule has 2 atom stereocenters. The fourth-order valence-corrected chi connectivity index (χ4v) is 0.741. The topological polar surface area (TPSA) is 29.3 Å². The van der Waals surface area contributed by atoms with Gasteiger partial charge in [0.25, 0.3) is 0 Å². The minimum Gasteiger partial charge on any atom is -0.324 e. The molecule has 4 heteroatoms. The van der Waals surface area contributed by atoms with Crippen molar-refractivity contribution in [1.29, 1.82) is 0 Å². The summed E-state index contributed by atoms with van der Waals surface area (Å²) in [6, 6.07) is -0.625. The van der Waals surface area contributed by atoms with E-state index in [9.17, 15) is 8.87 Å². The van der Waals surface area contributed by atoms with Crippen molar-refractivity contribution in [3.05, 3.63) is 0 Å². The average Bonchev–Trinajstić information content (AvgIpc) is 1.98. The lowest BCUT2D eigenvalue weighted by Gasteiger charge is -2.07. The van der Waals surface area contributed by atoms with Gasteiger partial charge in [-0.05, 0) is 6.42 Å². The van der Waals surface area contributed by atoms with Crippen molar-refractivity contribution in [2.75, 3.05) is 6.54 Å². The third-order valence-electron chi connectivity index (χ3n) is 1.30. The van der Waals surface area contributed by atoms with Gasteiger partial charge in [0.15, 0.2) is 6.30 Å². The SMILES string of the molecule is NC1CCN(F)C1F. The Morgan fingerprint density at radius 1 is 1.62 bits per heavy atom. The maximum atomic E-state index is 12.1. The molecule has 0 radical (unpaired) electrons. The van der Waals surface area contributed by atoms with E-state index in [0.717, 1.165) is 0 Å². The second-order valence-electron chi connectivity index (χ2n) is 1.95. The summed E-state index contributed by atoms with van der Waals surface area (Å²) in [4.78, 5) is 0. The predicted octanol–water partition coefficient (Wildman–Crippen LogP) is 0.200. The molecule has 1 saturated heterocycles. The molecule has 1 heterocycles. The summed E-state index contributed by atoms with van der Waals surface area (Å²) in [5, 5.41) is 0.130. The van der Waals surface area contributed by atoms with Crippen LogP contribution < -0.4 is 5.73 Å². The highest BCUT2D eigenvalue weighted by atomic mass is 19.2. The molecule has 1 rings (SSSR count). The van der Waals surface area contributed by atoms with E-state index < -0.39 is 12.3 Å². The van der Waals surface area contributed by atoms with E-state index in [1.807, 2.05) is 0 Å². The van der Waals surface area contributed by atoms with Crippen LogP contribution in [0.5, 0.6) is 0 Å². The normalized spacial score (nSPS) is 40.9. The monoisotopic (exact) mass is 122 g/mol. The summed E-state index contributed by atoms with van der Waals surface area (Å²) in [6.45, 7) is 0.127. The number of alkyl halides is 1. The van der Waals surface area contributed by atoms with Gasteiger partial charge in [-0.25, -0.2) is 4.39 Å². The number of hydrogen-bond acceptors (Lipinski definition) is 2. The molecule has 2 unspecified atom stereocenters. The zero-order valence-corrected chi connectivity index (χ0v) is 4.35. The van der Waals surface area contributed by atoms with Gasteiger partial charge < -0.3 is 5.73 Å². The smallest absolute Gasteiger partial charge is 0.195 e. The highest BCUT2D eigenvalue weighted by molar-refractivity contribution is 4.77. The van der Waals surface area contributed by atoms with Crippen molar-refractivity contribution in [3.8, 4) is 0 Å². The molecule has 1 fully saturated rings. The summed E-state index contributed by atoms with van der Waals surface area (Å²) < 4.78 is 24.1. The molecule has 1 aliphatic heterocycles. The molecular weight excluding hydrogens is 114 g/mol. The van der Waals surface area contributed by atoms with Crippen molar-refractivity contribution in [2.24, 2.45) is 5.73 Å². The largest absolute Gasteiger partial charge is 0.324 e. The number of halogens is 2. The third-order valence-corrected chi connectivity index (χ3v) is 1.30. The Morgan fingerprint density at radius 2 is 2.25 bits per heavy atom. The first-order valence-corrected chi connectivity index (χ1v) is 2.54. The minimum absolute atomic E-state index is 0.127. The van der Waals surface area contributed by atoms with Crippen LogP contribution in [0.15, 0.2) is 0 Å². The Hall–Kier alpha value is -0.220. The van der Waals surface area contributed by atoms with E-state index in [4.69, 9.17) is 5.73 Å². The molecule has 0 amide bonds. The van der Waals surface area contributed by atoms with Crippen LogP contribution in [0.4, 0.5) is 8.87 Å². The third kappa shape index (κ3) is 0.809. The Bertz CT molecular complexity index is 78.1. The Labute approximate surface area is 46.2 Å². The van der Waals surface area contributed by atoms with E-state index in [1.165, 1.54) is 0 Å². The molecule has 1 aliphatic rings. The Balaban J connectivity index is 2.44. The van der Waals surface area contributed by atoms with Gasteiger partial charge >= 0.3 is 0 Å². The number of hydrogen-bond donors (Lipinski definition) is 1. The predicted molar refractivity (Wildman–Crippen MR) is 25.3 cm³/mol. The van der Waals surface area contributed by atoms with Crippen molar-refractivity contribution >= 4 is 0 Å². The summed E-state index contributed by atoms with van der Waals surface area (Å²) in [6.07, 6.45) is -1.16. The van der Waals surface area contributed by atoms with E-state index >= 15 is 0 Å². The quantitative estimate of drug-likeness (QED) is 0.367. The van der Waals surface area contributed by atoms with Crippen LogP contribution >= 0.6 is 0 Å². The molecule has 48 valence electrons. The summed E-state index contributed by atoms with van der Waals surface area (Å²) in [7, 11) is 0. The highest BCUT2D eigenvalue weighted by Crippen LogP contribution is 2.16. The average molecular weight is 122 g/mol. The lowest BCUT2D eigenvalue weighted by Crippen LogP contribution is -2.31. The van der Waals surface area contributed by atoms with Crippen molar-refractivity contribution in [1.82, 2.24) is 5.12 Å². The first-order valence-electron chi connectivity index (χ1n) is 2.54. The number of rotatable bonds is 0. The van der Waals surface area contributed by atoms with Gasteiger partial charge in [0, 0.05) is 6.54 Å². The maximum absolute atomic E-state index is 12.1. The Morgan fingerprint density at radius 3 is 2.38 bits per heavy atom. The standard InChI is InChI=1S/C4H8F2N2/c5-4-3(7)1-2-8(4)6/h3-4H,1-2,7H2. The van der Waals surface area contributed by atoms with Crippen LogP contribution in [0.3, 0.4) is 0 Å². The van der Waals surface area contributed by atoms with Gasteiger partial charge in [0.05, 0.1) is 6.04 Å². The fraction of sp³-hybridized carbons (Fsp3) is 1.00. The van der Waals surface area contributed by atoms with Crippen LogP contribution in [0.1, 0.15) is 6.42 Å². The second kappa shape index (κ2) is 1.95. The molecule has 0 aliphatic carbocycles. The molecule has 0 saturated carbocycles. The lowest BCUT2D eigenvalue weighted by molar-refractivity contribution is -0.0509. The molecular formula is C4H8F2N2. The molecule has 2 N–H and O–H groups in total. The number of nitrogens with zero attached hydrogens (tertiary/aromatic N) is 1. The maximum Gasteiger partial charge on any atom is 0.195 e. The minimum atomic E-state index is -1.57. The van der Waals surface area contributed by atoms with Crippen LogP contribution in [0.25, 0.3) is 0 Å². The lowest BCUT2D eigenvalue weighted by atomic mass is 10.3. The second-order valence-corrected chi connectivity index (χ2v) is 1.95. The first kappa shape index (κ1) is 5.91. The van der Waals surface area contributed by atoms with Gasteiger partial charge in [-0.2, -0.15) is 0 Å². The Kier molecular flexibility index (Phi) is 1.44. The zero-order chi connectivity index (χ0) is 6.15. The van der Waals surface area contributed by atoms with Crippen LogP contribution in [0, 0.1) is 0 Å². The molecule has 0 aromatic carbocycles. The van der Waals surface area contributed by atoms with Gasteiger partial charge in [-0.3, -0.25) is 0 Å². The zero-order valence-electron chi connectivity index (χ0n) is 4.35. The highest BCUT2D eigenvalue weighted by Gasteiger charge is 2.31. The molecule has 0 aromatic heterocycles. The van der Waals surface area contributed by atoms with E-state index in [0.29, 0.717) is 6.42 Å².